The number of carbonyl (C=O) groups excluding carboxylic acids is 2. The van der Waals surface area contributed by atoms with Gasteiger partial charge in [-0.2, -0.15) is 0 Å². The highest BCUT2D eigenvalue weighted by molar-refractivity contribution is 6.09. The average Bonchev–Trinajstić information content (AvgIpc) is 3.14. The van der Waals surface area contributed by atoms with Gasteiger partial charge < -0.3 is 10.2 Å². The maximum Gasteiger partial charge on any atom is 0.258 e. The number of fused-ring (bicyclic) bond motifs is 1. The van der Waals surface area contributed by atoms with Gasteiger partial charge in [-0.05, 0) is 54.4 Å². The van der Waals surface area contributed by atoms with Crippen molar-refractivity contribution in [3.63, 3.8) is 0 Å². The number of amides is 2. The Labute approximate surface area is 160 Å². The van der Waals surface area contributed by atoms with Gasteiger partial charge in [-0.1, -0.05) is 18.2 Å². The van der Waals surface area contributed by atoms with Crippen molar-refractivity contribution >= 4 is 23.2 Å². The van der Waals surface area contributed by atoms with Gasteiger partial charge in [-0.15, -0.1) is 0 Å². The van der Waals surface area contributed by atoms with E-state index in [1.165, 1.54) is 12.1 Å². The lowest BCUT2D eigenvalue weighted by Gasteiger charge is -2.17. The molecule has 140 valence electrons. The second-order valence-corrected chi connectivity index (χ2v) is 6.49. The molecular formula is C22H16F2N2O2. The molecule has 0 saturated heterocycles. The topological polar surface area (TPSA) is 49.4 Å². The Morgan fingerprint density at radius 2 is 1.61 bits per heavy atom. The van der Waals surface area contributed by atoms with E-state index >= 15 is 0 Å². The molecule has 4 rings (SSSR count). The molecule has 0 unspecified atom stereocenters. The van der Waals surface area contributed by atoms with E-state index < -0.39 is 17.5 Å². The van der Waals surface area contributed by atoms with Crippen molar-refractivity contribution in [3.8, 4) is 0 Å². The summed E-state index contributed by atoms with van der Waals surface area (Å²) in [5.41, 5.74) is 2.65. The molecule has 0 aliphatic carbocycles. The van der Waals surface area contributed by atoms with Gasteiger partial charge in [0.25, 0.3) is 11.8 Å². The van der Waals surface area contributed by atoms with Crippen molar-refractivity contribution < 1.29 is 18.4 Å². The number of rotatable bonds is 3. The van der Waals surface area contributed by atoms with Crippen molar-refractivity contribution in [2.24, 2.45) is 0 Å². The Bertz CT molecular complexity index is 1060. The normalized spacial score (nSPS) is 12.6. The highest BCUT2D eigenvalue weighted by atomic mass is 19.1. The Kier molecular flexibility index (Phi) is 4.61. The molecule has 1 N–H and O–H groups in total. The molecule has 3 aromatic carbocycles. The minimum absolute atomic E-state index is 0.111. The zero-order chi connectivity index (χ0) is 19.7. The molecule has 0 atom stereocenters. The molecule has 28 heavy (non-hydrogen) atoms. The van der Waals surface area contributed by atoms with Crippen LogP contribution in [0.15, 0.2) is 66.7 Å². The minimum Gasteiger partial charge on any atom is -0.319 e. The summed E-state index contributed by atoms with van der Waals surface area (Å²) < 4.78 is 26.6. The molecule has 1 heterocycles. The lowest BCUT2D eigenvalue weighted by Crippen LogP contribution is -2.28. The van der Waals surface area contributed by atoms with Crippen molar-refractivity contribution in [1.29, 1.82) is 0 Å². The van der Waals surface area contributed by atoms with Crippen LogP contribution in [-0.4, -0.2) is 18.4 Å². The van der Waals surface area contributed by atoms with Gasteiger partial charge in [0, 0.05) is 29.4 Å². The highest BCUT2D eigenvalue weighted by Gasteiger charge is 2.25. The first-order chi connectivity index (χ1) is 13.5. The summed E-state index contributed by atoms with van der Waals surface area (Å²) in [5, 5.41) is 2.39. The van der Waals surface area contributed by atoms with Crippen LogP contribution >= 0.6 is 0 Å². The average molecular weight is 378 g/mol. The Hall–Kier alpha value is -3.54. The third kappa shape index (κ3) is 3.36. The van der Waals surface area contributed by atoms with Gasteiger partial charge >= 0.3 is 0 Å². The van der Waals surface area contributed by atoms with Gasteiger partial charge in [0.2, 0.25) is 0 Å². The van der Waals surface area contributed by atoms with Crippen LogP contribution < -0.4 is 10.2 Å². The monoisotopic (exact) mass is 378 g/mol. The number of para-hydroxylation sites is 1. The molecule has 1 aliphatic rings. The van der Waals surface area contributed by atoms with Gasteiger partial charge in [-0.25, -0.2) is 8.78 Å². The molecule has 0 saturated carbocycles. The SMILES string of the molecule is O=C(Nc1ccc(F)cc1F)c1ccc(C(=O)N2CCc3ccccc32)cc1. The Morgan fingerprint density at radius 3 is 2.36 bits per heavy atom. The first kappa shape index (κ1) is 17.9. The number of nitrogens with one attached hydrogen (secondary N) is 1. The maximum absolute atomic E-state index is 13.7. The largest absolute Gasteiger partial charge is 0.319 e. The Balaban J connectivity index is 1.49. The highest BCUT2D eigenvalue weighted by Crippen LogP contribution is 2.29. The van der Waals surface area contributed by atoms with Crippen LogP contribution in [0.3, 0.4) is 0 Å². The van der Waals surface area contributed by atoms with E-state index in [0.29, 0.717) is 18.2 Å². The first-order valence-corrected chi connectivity index (χ1v) is 8.79. The molecule has 0 spiro atoms. The molecular weight excluding hydrogens is 362 g/mol. The molecule has 4 nitrogen and oxygen atoms in total. The fourth-order valence-electron chi connectivity index (χ4n) is 3.25. The van der Waals surface area contributed by atoms with Crippen LogP contribution in [0, 0.1) is 11.6 Å². The van der Waals surface area contributed by atoms with E-state index in [4.69, 9.17) is 0 Å². The van der Waals surface area contributed by atoms with Gasteiger partial charge in [0.05, 0.1) is 5.69 Å². The van der Waals surface area contributed by atoms with Crippen LogP contribution in [0.25, 0.3) is 0 Å². The predicted molar refractivity (Wildman–Crippen MR) is 103 cm³/mol. The van der Waals surface area contributed by atoms with Crippen molar-refractivity contribution in [1.82, 2.24) is 0 Å². The van der Waals surface area contributed by atoms with E-state index in [-0.39, 0.29) is 17.2 Å². The van der Waals surface area contributed by atoms with Gasteiger partial charge in [0.1, 0.15) is 11.6 Å². The standard InChI is InChI=1S/C22H16F2N2O2/c23-17-9-10-19(18(24)13-17)25-21(27)15-5-7-16(8-6-15)22(28)26-12-11-14-3-1-2-4-20(14)26/h1-10,13H,11-12H2,(H,25,27). The van der Waals surface area contributed by atoms with E-state index in [9.17, 15) is 18.4 Å². The summed E-state index contributed by atoms with van der Waals surface area (Å²) in [6.45, 7) is 0.615. The summed E-state index contributed by atoms with van der Waals surface area (Å²) in [7, 11) is 0. The maximum atomic E-state index is 13.7. The zero-order valence-corrected chi connectivity index (χ0v) is 14.8. The summed E-state index contributed by atoms with van der Waals surface area (Å²) in [4.78, 5) is 26.8. The van der Waals surface area contributed by atoms with E-state index in [1.807, 2.05) is 24.3 Å². The third-order valence-corrected chi connectivity index (χ3v) is 4.71. The fraction of sp³-hybridized carbons (Fsp3) is 0.0909. The molecule has 0 fully saturated rings. The molecule has 1 aliphatic heterocycles. The van der Waals surface area contributed by atoms with Crippen LogP contribution in [-0.2, 0) is 6.42 Å². The van der Waals surface area contributed by atoms with Crippen LogP contribution in [0.5, 0.6) is 0 Å². The first-order valence-electron chi connectivity index (χ1n) is 8.79. The molecule has 3 aromatic rings. The number of hydrogen-bond acceptors (Lipinski definition) is 2. The molecule has 2 amide bonds. The lowest BCUT2D eigenvalue weighted by atomic mass is 10.1. The molecule has 0 bridgehead atoms. The van der Waals surface area contributed by atoms with Crippen LogP contribution in [0.2, 0.25) is 0 Å². The molecule has 0 aromatic heterocycles. The second kappa shape index (κ2) is 7.23. The Morgan fingerprint density at radius 1 is 0.893 bits per heavy atom. The van der Waals surface area contributed by atoms with Crippen molar-refractivity contribution in [3.05, 3.63) is 95.1 Å². The number of hydrogen-bond donors (Lipinski definition) is 1. The van der Waals surface area contributed by atoms with E-state index in [2.05, 4.69) is 5.32 Å². The van der Waals surface area contributed by atoms with E-state index in [1.54, 1.807) is 17.0 Å². The fourth-order valence-corrected chi connectivity index (χ4v) is 3.25. The molecule has 0 radical (unpaired) electrons. The summed E-state index contributed by atoms with van der Waals surface area (Å²) >= 11 is 0. The number of halogens is 2. The smallest absolute Gasteiger partial charge is 0.258 e. The quantitative estimate of drug-likeness (QED) is 0.734. The predicted octanol–water partition coefficient (Wildman–Crippen LogP) is 4.42. The number of carbonyl (C=O) groups is 2. The number of anilines is 2. The lowest BCUT2D eigenvalue weighted by molar-refractivity contribution is 0.0986. The molecule has 6 heteroatoms. The summed E-state index contributed by atoms with van der Waals surface area (Å²) in [6, 6.07) is 16.8. The summed E-state index contributed by atoms with van der Waals surface area (Å²) in [6.07, 6.45) is 0.811. The van der Waals surface area contributed by atoms with Crippen LogP contribution in [0.4, 0.5) is 20.2 Å². The number of benzene rings is 3. The van der Waals surface area contributed by atoms with Gasteiger partial charge in [0.15, 0.2) is 0 Å². The second-order valence-electron chi connectivity index (χ2n) is 6.49. The zero-order valence-electron chi connectivity index (χ0n) is 14.8. The van der Waals surface area contributed by atoms with Gasteiger partial charge in [-0.3, -0.25) is 9.59 Å². The van der Waals surface area contributed by atoms with Crippen LogP contribution in [0.1, 0.15) is 26.3 Å². The van der Waals surface area contributed by atoms with E-state index in [0.717, 1.165) is 29.8 Å². The minimum atomic E-state index is -0.854. The number of nitrogens with zero attached hydrogens (tertiary/aromatic N) is 1. The van der Waals surface area contributed by atoms with Crippen molar-refractivity contribution in [2.45, 2.75) is 6.42 Å². The third-order valence-electron chi connectivity index (χ3n) is 4.71. The van der Waals surface area contributed by atoms with Crippen molar-refractivity contribution in [2.75, 3.05) is 16.8 Å². The summed E-state index contributed by atoms with van der Waals surface area (Å²) in [5.74, 6) is -2.26.